The molecule has 0 aliphatic heterocycles. The summed E-state index contributed by atoms with van der Waals surface area (Å²) >= 11 is 0. The van der Waals surface area contributed by atoms with E-state index in [0.717, 1.165) is 17.5 Å². The molecule has 102 valence electrons. The van der Waals surface area contributed by atoms with E-state index in [1.165, 1.54) is 0 Å². The van der Waals surface area contributed by atoms with Gasteiger partial charge in [0.1, 0.15) is 5.76 Å². The molecule has 2 heterocycles. The number of nitrogens with zero attached hydrogens (tertiary/aromatic N) is 3. The van der Waals surface area contributed by atoms with Gasteiger partial charge in [-0.15, -0.1) is 0 Å². The van der Waals surface area contributed by atoms with E-state index < -0.39 is 5.82 Å². The van der Waals surface area contributed by atoms with Crippen LogP contribution in [-0.2, 0) is 6.54 Å². The molecule has 7 heteroatoms. The molecule has 0 fully saturated rings. The predicted molar refractivity (Wildman–Crippen MR) is 69.5 cm³/mol. The van der Waals surface area contributed by atoms with Crippen LogP contribution in [0.15, 0.2) is 10.7 Å². The van der Waals surface area contributed by atoms with Gasteiger partial charge in [-0.3, -0.25) is 0 Å². The molecule has 0 aliphatic rings. The Morgan fingerprint density at radius 3 is 2.74 bits per heavy atom. The Morgan fingerprint density at radius 1 is 1.32 bits per heavy atom. The van der Waals surface area contributed by atoms with E-state index in [2.05, 4.69) is 25.8 Å². The van der Waals surface area contributed by atoms with Crippen molar-refractivity contribution >= 4 is 11.8 Å². The first-order chi connectivity index (χ1) is 9.11. The van der Waals surface area contributed by atoms with Crippen molar-refractivity contribution in [1.29, 1.82) is 0 Å². The first kappa shape index (κ1) is 13.3. The van der Waals surface area contributed by atoms with Crippen LogP contribution in [-0.4, -0.2) is 21.7 Å². The topological polar surface area (TPSA) is 75.9 Å². The Morgan fingerprint density at radius 2 is 2.11 bits per heavy atom. The standard InChI is InChI=1S/C12H16FN5O/c1-4-14-12-16-6-10(13)11(17-12)15-5-9-7(2)18-19-8(9)3/h6H,4-5H2,1-3H3,(H2,14,15,16,17). The molecule has 0 bridgehead atoms. The fourth-order valence-electron chi connectivity index (χ4n) is 1.66. The van der Waals surface area contributed by atoms with Crippen molar-refractivity contribution in [2.24, 2.45) is 0 Å². The second-order valence-corrected chi connectivity index (χ2v) is 4.08. The van der Waals surface area contributed by atoms with Crippen LogP contribution in [0.25, 0.3) is 0 Å². The van der Waals surface area contributed by atoms with Gasteiger partial charge >= 0.3 is 0 Å². The highest BCUT2D eigenvalue weighted by molar-refractivity contribution is 5.42. The Balaban J connectivity index is 2.12. The van der Waals surface area contributed by atoms with Crippen LogP contribution in [0, 0.1) is 19.7 Å². The normalized spacial score (nSPS) is 10.5. The Kier molecular flexibility index (Phi) is 3.94. The van der Waals surface area contributed by atoms with E-state index in [-0.39, 0.29) is 5.82 Å². The molecule has 0 radical (unpaired) electrons. The number of halogens is 1. The van der Waals surface area contributed by atoms with E-state index >= 15 is 0 Å². The number of anilines is 2. The van der Waals surface area contributed by atoms with Crippen LogP contribution < -0.4 is 10.6 Å². The summed E-state index contributed by atoms with van der Waals surface area (Å²) in [5, 5.41) is 9.71. The summed E-state index contributed by atoms with van der Waals surface area (Å²) in [6.45, 7) is 6.66. The zero-order chi connectivity index (χ0) is 13.8. The lowest BCUT2D eigenvalue weighted by Gasteiger charge is -2.08. The van der Waals surface area contributed by atoms with Gasteiger partial charge in [0, 0.05) is 18.7 Å². The largest absolute Gasteiger partial charge is 0.363 e. The lowest BCUT2D eigenvalue weighted by Crippen LogP contribution is -2.09. The summed E-state index contributed by atoms with van der Waals surface area (Å²) in [7, 11) is 0. The minimum Gasteiger partial charge on any atom is -0.363 e. The molecular formula is C12H16FN5O. The third kappa shape index (κ3) is 2.98. The quantitative estimate of drug-likeness (QED) is 0.863. The predicted octanol–water partition coefficient (Wildman–Crippen LogP) is 2.26. The minimum absolute atomic E-state index is 0.158. The van der Waals surface area contributed by atoms with E-state index in [0.29, 0.717) is 24.8 Å². The van der Waals surface area contributed by atoms with Crippen molar-refractivity contribution in [2.75, 3.05) is 17.2 Å². The fraction of sp³-hybridized carbons (Fsp3) is 0.417. The number of hydrogen-bond acceptors (Lipinski definition) is 6. The van der Waals surface area contributed by atoms with Crippen molar-refractivity contribution in [3.05, 3.63) is 29.0 Å². The number of aryl methyl sites for hydroxylation is 2. The van der Waals surface area contributed by atoms with E-state index in [9.17, 15) is 4.39 Å². The molecule has 0 amide bonds. The lowest BCUT2D eigenvalue weighted by atomic mass is 10.2. The second-order valence-electron chi connectivity index (χ2n) is 4.08. The zero-order valence-corrected chi connectivity index (χ0v) is 11.1. The highest BCUT2D eigenvalue weighted by atomic mass is 19.1. The average Bonchev–Trinajstić information content (AvgIpc) is 2.70. The van der Waals surface area contributed by atoms with Crippen LogP contribution in [0.5, 0.6) is 0 Å². The average molecular weight is 265 g/mol. The molecule has 0 spiro atoms. The molecule has 2 rings (SSSR count). The SMILES string of the molecule is CCNc1ncc(F)c(NCc2c(C)noc2C)n1. The van der Waals surface area contributed by atoms with Crippen molar-refractivity contribution in [1.82, 2.24) is 15.1 Å². The van der Waals surface area contributed by atoms with Crippen molar-refractivity contribution in [3.8, 4) is 0 Å². The van der Waals surface area contributed by atoms with Gasteiger partial charge in [0.05, 0.1) is 11.9 Å². The van der Waals surface area contributed by atoms with Gasteiger partial charge in [0.15, 0.2) is 11.6 Å². The van der Waals surface area contributed by atoms with Crippen LogP contribution >= 0.6 is 0 Å². The molecule has 2 aromatic rings. The lowest BCUT2D eigenvalue weighted by molar-refractivity contribution is 0.392. The highest BCUT2D eigenvalue weighted by Gasteiger charge is 2.11. The number of hydrogen-bond donors (Lipinski definition) is 2. The first-order valence-corrected chi connectivity index (χ1v) is 6.03. The maximum atomic E-state index is 13.6. The van der Waals surface area contributed by atoms with E-state index in [1.54, 1.807) is 0 Å². The van der Waals surface area contributed by atoms with E-state index in [4.69, 9.17) is 4.52 Å². The fourth-order valence-corrected chi connectivity index (χ4v) is 1.66. The third-order valence-corrected chi connectivity index (χ3v) is 2.69. The molecule has 2 aromatic heterocycles. The Bertz CT molecular complexity index is 550. The summed E-state index contributed by atoms with van der Waals surface area (Å²) in [6.07, 6.45) is 1.14. The summed E-state index contributed by atoms with van der Waals surface area (Å²) in [5.74, 6) is 0.774. The summed E-state index contributed by atoms with van der Waals surface area (Å²) in [4.78, 5) is 7.90. The second kappa shape index (κ2) is 5.64. The molecular weight excluding hydrogens is 249 g/mol. The minimum atomic E-state index is -0.492. The van der Waals surface area contributed by atoms with Gasteiger partial charge in [-0.25, -0.2) is 9.37 Å². The molecule has 0 atom stereocenters. The van der Waals surface area contributed by atoms with Gasteiger partial charge < -0.3 is 15.2 Å². The smallest absolute Gasteiger partial charge is 0.224 e. The number of rotatable bonds is 5. The molecule has 2 N–H and O–H groups in total. The molecule has 19 heavy (non-hydrogen) atoms. The Hall–Kier alpha value is -2.18. The third-order valence-electron chi connectivity index (χ3n) is 2.69. The molecule has 0 unspecified atom stereocenters. The van der Waals surface area contributed by atoms with Gasteiger partial charge in [-0.2, -0.15) is 4.98 Å². The van der Waals surface area contributed by atoms with Crippen LogP contribution in [0.4, 0.5) is 16.2 Å². The van der Waals surface area contributed by atoms with Crippen molar-refractivity contribution < 1.29 is 8.91 Å². The van der Waals surface area contributed by atoms with Crippen LogP contribution in [0.3, 0.4) is 0 Å². The van der Waals surface area contributed by atoms with Gasteiger partial charge in [-0.1, -0.05) is 5.16 Å². The number of aromatic nitrogens is 3. The molecule has 0 aromatic carbocycles. The van der Waals surface area contributed by atoms with Gasteiger partial charge in [0.25, 0.3) is 0 Å². The highest BCUT2D eigenvalue weighted by Crippen LogP contribution is 2.16. The summed E-state index contributed by atoms with van der Waals surface area (Å²) in [6, 6.07) is 0. The maximum Gasteiger partial charge on any atom is 0.224 e. The molecule has 0 saturated carbocycles. The molecule has 0 aliphatic carbocycles. The first-order valence-electron chi connectivity index (χ1n) is 6.03. The van der Waals surface area contributed by atoms with Crippen LogP contribution in [0.1, 0.15) is 23.9 Å². The molecule has 0 saturated heterocycles. The maximum absolute atomic E-state index is 13.6. The number of nitrogens with one attached hydrogen (secondary N) is 2. The molecule has 6 nitrogen and oxygen atoms in total. The van der Waals surface area contributed by atoms with Crippen molar-refractivity contribution in [3.63, 3.8) is 0 Å². The monoisotopic (exact) mass is 265 g/mol. The summed E-state index contributed by atoms with van der Waals surface area (Å²) in [5.41, 5.74) is 1.69. The van der Waals surface area contributed by atoms with Crippen molar-refractivity contribution in [2.45, 2.75) is 27.3 Å². The summed E-state index contributed by atoms with van der Waals surface area (Å²) < 4.78 is 18.6. The Labute approximate surface area is 110 Å². The van der Waals surface area contributed by atoms with E-state index in [1.807, 2.05) is 20.8 Å². The van der Waals surface area contributed by atoms with Crippen LogP contribution in [0.2, 0.25) is 0 Å². The van der Waals surface area contributed by atoms with Gasteiger partial charge in [0.2, 0.25) is 5.95 Å². The zero-order valence-electron chi connectivity index (χ0n) is 11.1. The van der Waals surface area contributed by atoms with Gasteiger partial charge in [-0.05, 0) is 20.8 Å².